The fourth-order valence-electron chi connectivity index (χ4n) is 4.19. The number of hydrogen-bond acceptors (Lipinski definition) is 5. The van der Waals surface area contributed by atoms with Crippen molar-refractivity contribution in [2.45, 2.75) is 12.1 Å². The van der Waals surface area contributed by atoms with E-state index < -0.39 is 6.10 Å². The predicted molar refractivity (Wildman–Crippen MR) is 109 cm³/mol. The van der Waals surface area contributed by atoms with E-state index in [2.05, 4.69) is 20.4 Å². The lowest BCUT2D eigenvalue weighted by Gasteiger charge is -2.38. The Labute approximate surface area is 171 Å². The van der Waals surface area contributed by atoms with E-state index in [1.54, 1.807) is 18.3 Å². The monoisotopic (exact) mass is 397 g/mol. The van der Waals surface area contributed by atoms with Gasteiger partial charge >= 0.3 is 0 Å². The van der Waals surface area contributed by atoms with Gasteiger partial charge in [-0.15, -0.1) is 0 Å². The lowest BCUT2D eigenvalue weighted by molar-refractivity contribution is 0.223. The Bertz CT molecular complexity index is 1270. The highest BCUT2D eigenvalue weighted by atomic mass is 19.1. The number of halogens is 1. The molecule has 0 fully saturated rings. The Kier molecular flexibility index (Phi) is 3.67. The summed E-state index contributed by atoms with van der Waals surface area (Å²) in [5, 5.41) is 7.91. The number of benzene rings is 2. The molecule has 6 nitrogen and oxygen atoms in total. The van der Waals surface area contributed by atoms with E-state index in [0.29, 0.717) is 5.95 Å². The number of para-hydroxylation sites is 1. The standard InChI is InChI=1S/C23H16FN5O/c24-16-9-7-14(8-10-16)22-19-20(17-5-1-2-6-18(17)30-22)28-23-26-13-27-29(23)21(19)15-4-3-11-25-12-15/h1-13,21-22H,(H,26,27,28)/t21-,22-/m1/s1. The lowest BCUT2D eigenvalue weighted by atomic mass is 9.85. The second-order valence-corrected chi connectivity index (χ2v) is 7.22. The van der Waals surface area contributed by atoms with Crippen LogP contribution in [0.5, 0.6) is 5.75 Å². The summed E-state index contributed by atoms with van der Waals surface area (Å²) in [4.78, 5) is 8.72. The number of nitrogens with zero attached hydrogens (tertiary/aromatic N) is 4. The molecule has 0 saturated carbocycles. The van der Waals surface area contributed by atoms with Crippen molar-refractivity contribution in [3.63, 3.8) is 0 Å². The molecule has 2 aliphatic rings. The van der Waals surface area contributed by atoms with Crippen molar-refractivity contribution < 1.29 is 9.13 Å². The molecular formula is C23H16FN5O. The van der Waals surface area contributed by atoms with E-state index in [0.717, 1.165) is 33.7 Å². The summed E-state index contributed by atoms with van der Waals surface area (Å²) in [6, 6.07) is 18.0. The Balaban J connectivity index is 1.63. The van der Waals surface area contributed by atoms with E-state index in [-0.39, 0.29) is 11.9 Å². The molecule has 0 spiro atoms. The van der Waals surface area contributed by atoms with Crippen molar-refractivity contribution in [2.24, 2.45) is 0 Å². The van der Waals surface area contributed by atoms with Gasteiger partial charge in [-0.25, -0.2) is 9.07 Å². The maximum absolute atomic E-state index is 13.6. The smallest absolute Gasteiger partial charge is 0.226 e. The van der Waals surface area contributed by atoms with Crippen molar-refractivity contribution >= 4 is 11.6 Å². The van der Waals surface area contributed by atoms with Crippen LogP contribution >= 0.6 is 0 Å². The molecule has 0 amide bonds. The summed E-state index contributed by atoms with van der Waals surface area (Å²) in [7, 11) is 0. The summed E-state index contributed by atoms with van der Waals surface area (Å²) >= 11 is 0. The second-order valence-electron chi connectivity index (χ2n) is 7.22. The van der Waals surface area contributed by atoms with Crippen molar-refractivity contribution in [1.82, 2.24) is 19.7 Å². The maximum Gasteiger partial charge on any atom is 0.226 e. The maximum atomic E-state index is 13.6. The molecular weight excluding hydrogens is 381 g/mol. The van der Waals surface area contributed by atoms with Crippen molar-refractivity contribution in [3.8, 4) is 5.75 Å². The van der Waals surface area contributed by atoms with Gasteiger partial charge in [-0.1, -0.05) is 30.3 Å². The van der Waals surface area contributed by atoms with Crippen molar-refractivity contribution in [1.29, 1.82) is 0 Å². The van der Waals surface area contributed by atoms with Gasteiger partial charge in [-0.2, -0.15) is 10.1 Å². The highest BCUT2D eigenvalue weighted by Crippen LogP contribution is 2.50. The SMILES string of the molecule is Fc1ccc([C@H]2Oc3ccccc3C3=C2[C@@H](c2cccnc2)n2ncnc2N3)cc1. The van der Waals surface area contributed by atoms with Crippen LogP contribution in [0.4, 0.5) is 10.3 Å². The Morgan fingerprint density at radius 1 is 0.967 bits per heavy atom. The van der Waals surface area contributed by atoms with Gasteiger partial charge in [0.2, 0.25) is 5.95 Å². The van der Waals surface area contributed by atoms with Crippen LogP contribution < -0.4 is 10.1 Å². The number of fused-ring (bicyclic) bond motifs is 3. The normalized spacial score (nSPS) is 19.2. The Morgan fingerprint density at radius 2 is 1.83 bits per heavy atom. The number of nitrogens with one attached hydrogen (secondary N) is 1. The molecule has 30 heavy (non-hydrogen) atoms. The molecule has 2 aromatic carbocycles. The number of pyridine rings is 1. The van der Waals surface area contributed by atoms with Crippen molar-refractivity contribution in [3.05, 3.63) is 107 Å². The first-order valence-electron chi connectivity index (χ1n) is 9.61. The van der Waals surface area contributed by atoms with Gasteiger partial charge in [0.1, 0.15) is 30.0 Å². The minimum Gasteiger partial charge on any atom is -0.480 e. The Hall–Kier alpha value is -4.00. The molecule has 2 aromatic heterocycles. The molecule has 0 bridgehead atoms. The summed E-state index contributed by atoms with van der Waals surface area (Å²) < 4.78 is 21.9. The quantitative estimate of drug-likeness (QED) is 0.544. The minimum absolute atomic E-state index is 0.268. The summed E-state index contributed by atoms with van der Waals surface area (Å²) in [5.41, 5.74) is 4.69. The van der Waals surface area contributed by atoms with Crippen LogP contribution in [-0.2, 0) is 0 Å². The average Bonchev–Trinajstić information content (AvgIpc) is 3.26. The van der Waals surface area contributed by atoms with E-state index in [4.69, 9.17) is 4.74 Å². The minimum atomic E-state index is -0.425. The molecule has 1 N–H and O–H groups in total. The molecule has 146 valence electrons. The first kappa shape index (κ1) is 16.9. The zero-order chi connectivity index (χ0) is 20.1. The number of ether oxygens (including phenoxy) is 1. The number of anilines is 1. The van der Waals surface area contributed by atoms with Gasteiger partial charge in [0.15, 0.2) is 0 Å². The van der Waals surface area contributed by atoms with Crippen LogP contribution in [0.1, 0.15) is 28.8 Å². The van der Waals surface area contributed by atoms with Crippen LogP contribution in [0.2, 0.25) is 0 Å². The molecule has 0 saturated heterocycles. The van der Waals surface area contributed by atoms with Crippen LogP contribution in [0.25, 0.3) is 5.70 Å². The average molecular weight is 397 g/mol. The first-order chi connectivity index (χ1) is 14.8. The molecule has 6 rings (SSSR count). The van der Waals surface area contributed by atoms with Gasteiger partial charge < -0.3 is 10.1 Å². The first-order valence-corrected chi connectivity index (χ1v) is 9.61. The van der Waals surface area contributed by atoms with Crippen LogP contribution in [0.15, 0.2) is 85.0 Å². The molecule has 2 aliphatic heterocycles. The number of aromatic nitrogens is 4. The zero-order valence-corrected chi connectivity index (χ0v) is 15.7. The third-order valence-electron chi connectivity index (χ3n) is 5.49. The Morgan fingerprint density at radius 3 is 2.67 bits per heavy atom. The summed E-state index contributed by atoms with van der Waals surface area (Å²) in [6.07, 6.45) is 4.68. The van der Waals surface area contributed by atoms with E-state index in [9.17, 15) is 4.39 Å². The third-order valence-corrected chi connectivity index (χ3v) is 5.49. The molecule has 0 radical (unpaired) electrons. The van der Waals surface area contributed by atoms with E-state index in [1.807, 2.05) is 47.3 Å². The van der Waals surface area contributed by atoms with Crippen molar-refractivity contribution in [2.75, 3.05) is 5.32 Å². The fraction of sp³-hybridized carbons (Fsp3) is 0.0870. The molecule has 0 aliphatic carbocycles. The number of rotatable bonds is 2. The molecule has 4 heterocycles. The predicted octanol–water partition coefficient (Wildman–Crippen LogP) is 4.37. The van der Waals surface area contributed by atoms with Crippen LogP contribution in [0, 0.1) is 5.82 Å². The topological polar surface area (TPSA) is 64.9 Å². The van der Waals surface area contributed by atoms with Gasteiger partial charge in [-0.05, 0) is 41.5 Å². The zero-order valence-electron chi connectivity index (χ0n) is 15.7. The van der Waals surface area contributed by atoms with E-state index in [1.165, 1.54) is 18.5 Å². The number of hydrogen-bond donors (Lipinski definition) is 1. The fourth-order valence-corrected chi connectivity index (χ4v) is 4.19. The van der Waals surface area contributed by atoms with Gasteiger partial charge in [0, 0.05) is 23.5 Å². The van der Waals surface area contributed by atoms with E-state index >= 15 is 0 Å². The van der Waals surface area contributed by atoms with Crippen LogP contribution in [-0.4, -0.2) is 19.7 Å². The van der Waals surface area contributed by atoms with Gasteiger partial charge in [0.25, 0.3) is 0 Å². The highest BCUT2D eigenvalue weighted by molar-refractivity contribution is 5.85. The molecule has 2 atom stereocenters. The lowest BCUT2D eigenvalue weighted by Crippen LogP contribution is -2.32. The summed E-state index contributed by atoms with van der Waals surface area (Å²) in [6.45, 7) is 0. The molecule has 4 aromatic rings. The third kappa shape index (κ3) is 2.52. The largest absolute Gasteiger partial charge is 0.480 e. The van der Waals surface area contributed by atoms with Gasteiger partial charge in [0.05, 0.1) is 5.70 Å². The van der Waals surface area contributed by atoms with Gasteiger partial charge in [-0.3, -0.25) is 4.98 Å². The second kappa shape index (κ2) is 6.52. The molecule has 0 unspecified atom stereocenters. The van der Waals surface area contributed by atoms with Crippen LogP contribution in [0.3, 0.4) is 0 Å². The molecule has 7 heteroatoms. The highest BCUT2D eigenvalue weighted by Gasteiger charge is 2.40. The summed E-state index contributed by atoms with van der Waals surface area (Å²) in [5.74, 6) is 1.13.